The summed E-state index contributed by atoms with van der Waals surface area (Å²) in [4.78, 5) is 14.7. The number of aromatic nitrogens is 4. The fraction of sp³-hybridized carbons (Fsp3) is 0. The molecular weight excluding hydrogens is 589 g/mol. The molecule has 3 heterocycles. The third-order valence-electron chi connectivity index (χ3n) is 9.23. The second-order valence-corrected chi connectivity index (χ2v) is 12.1. The molecule has 0 radical (unpaired) electrons. The number of benzene rings is 7. The molecule has 0 saturated heterocycles. The quantitative estimate of drug-likeness (QED) is 0.198. The van der Waals surface area contributed by atoms with Gasteiger partial charge in [-0.3, -0.25) is 0 Å². The van der Waals surface area contributed by atoms with Gasteiger partial charge in [0, 0.05) is 43.9 Å². The first-order valence-electron chi connectivity index (χ1n) is 16.0. The zero-order valence-corrected chi connectivity index (χ0v) is 25.7. The van der Waals surface area contributed by atoms with Gasteiger partial charge in [-0.2, -0.15) is 0 Å². The molecular formula is C43H26N4O. The van der Waals surface area contributed by atoms with E-state index in [4.69, 9.17) is 19.4 Å². The highest BCUT2D eigenvalue weighted by atomic mass is 16.3. The Hall–Kier alpha value is -6.59. The van der Waals surface area contributed by atoms with Crippen LogP contribution in [0, 0.1) is 0 Å². The molecule has 3 aromatic heterocycles. The van der Waals surface area contributed by atoms with Crippen LogP contribution in [0.15, 0.2) is 162 Å². The van der Waals surface area contributed by atoms with Crippen molar-refractivity contribution < 1.29 is 4.42 Å². The van der Waals surface area contributed by atoms with Crippen molar-refractivity contribution >= 4 is 54.5 Å². The molecule has 0 atom stereocenters. The van der Waals surface area contributed by atoms with Crippen LogP contribution in [0.5, 0.6) is 0 Å². The number of rotatable bonds is 4. The van der Waals surface area contributed by atoms with Crippen molar-refractivity contribution in [2.24, 2.45) is 0 Å². The maximum Gasteiger partial charge on any atom is 0.164 e. The van der Waals surface area contributed by atoms with Crippen LogP contribution in [0.1, 0.15) is 0 Å². The number of hydrogen-bond acceptors (Lipinski definition) is 4. The summed E-state index contributed by atoms with van der Waals surface area (Å²) in [5.74, 6) is 1.94. The van der Waals surface area contributed by atoms with Crippen LogP contribution in [0.25, 0.3) is 94.4 Å². The zero-order valence-electron chi connectivity index (χ0n) is 25.7. The average molecular weight is 615 g/mol. The van der Waals surface area contributed by atoms with E-state index >= 15 is 0 Å². The van der Waals surface area contributed by atoms with Crippen LogP contribution < -0.4 is 0 Å². The van der Waals surface area contributed by atoms with Crippen LogP contribution >= 0.6 is 0 Å². The molecule has 5 nitrogen and oxygen atoms in total. The molecule has 0 saturated carbocycles. The van der Waals surface area contributed by atoms with Gasteiger partial charge in [0.2, 0.25) is 0 Å². The maximum atomic E-state index is 6.23. The van der Waals surface area contributed by atoms with Crippen molar-refractivity contribution in [3.05, 3.63) is 158 Å². The molecule has 0 fully saturated rings. The van der Waals surface area contributed by atoms with Crippen LogP contribution in [0.4, 0.5) is 0 Å². The lowest BCUT2D eigenvalue weighted by molar-refractivity contribution is 0.669. The molecule has 0 bridgehead atoms. The largest absolute Gasteiger partial charge is 0.456 e. The minimum absolute atomic E-state index is 0.638. The van der Waals surface area contributed by atoms with Gasteiger partial charge in [0.15, 0.2) is 17.5 Å². The van der Waals surface area contributed by atoms with E-state index in [2.05, 4.69) is 89.5 Å². The molecule has 0 N–H and O–H groups in total. The number of hydrogen-bond donors (Lipinski definition) is 0. The van der Waals surface area contributed by atoms with E-state index in [1.165, 1.54) is 16.2 Å². The lowest BCUT2D eigenvalue weighted by Crippen LogP contribution is -2.00. The predicted molar refractivity (Wildman–Crippen MR) is 195 cm³/mol. The Morgan fingerprint density at radius 2 is 0.979 bits per heavy atom. The SMILES string of the molecule is c1ccc(-c2nc(-c3ccccc3)nc(-c3ccc(-n4c5ccccc5c5c6cc7c(cc6ccc54)oc4ccccc47)cc3)n2)cc1. The highest BCUT2D eigenvalue weighted by molar-refractivity contribution is 6.24. The third kappa shape index (κ3) is 4.15. The molecule has 224 valence electrons. The zero-order chi connectivity index (χ0) is 31.6. The molecule has 0 aliphatic carbocycles. The van der Waals surface area contributed by atoms with E-state index in [1.54, 1.807) is 0 Å². The van der Waals surface area contributed by atoms with Crippen LogP contribution in [-0.2, 0) is 0 Å². The van der Waals surface area contributed by atoms with E-state index in [-0.39, 0.29) is 0 Å². The van der Waals surface area contributed by atoms with Crippen LogP contribution in [0.3, 0.4) is 0 Å². The summed E-state index contributed by atoms with van der Waals surface area (Å²) in [6.45, 7) is 0. The van der Waals surface area contributed by atoms with Gasteiger partial charge >= 0.3 is 0 Å². The summed E-state index contributed by atoms with van der Waals surface area (Å²) >= 11 is 0. The molecule has 10 rings (SSSR count). The third-order valence-corrected chi connectivity index (χ3v) is 9.23. The summed E-state index contributed by atoms with van der Waals surface area (Å²) in [7, 11) is 0. The van der Waals surface area contributed by atoms with Gasteiger partial charge in [0.25, 0.3) is 0 Å². The monoisotopic (exact) mass is 614 g/mol. The number of furan rings is 1. The Balaban J connectivity index is 1.14. The fourth-order valence-electron chi connectivity index (χ4n) is 6.99. The van der Waals surface area contributed by atoms with Crippen LogP contribution in [-0.4, -0.2) is 19.5 Å². The van der Waals surface area contributed by atoms with Gasteiger partial charge in [0.1, 0.15) is 11.2 Å². The molecule has 5 heteroatoms. The predicted octanol–water partition coefficient (Wildman–Crippen LogP) is 11.0. The molecule has 7 aromatic carbocycles. The standard InChI is InChI=1S/C43H26N4O/c1-3-11-27(12-4-1)41-44-42(28-13-5-2-6-14-28)46-43(45-41)29-19-22-31(23-20-29)47-36-17-9-7-16-33(36)40-34-26-35-32-15-8-10-18-38(32)48-39(35)25-30(34)21-24-37(40)47/h1-26H. The van der Waals surface area contributed by atoms with Crippen molar-refractivity contribution in [3.63, 3.8) is 0 Å². The van der Waals surface area contributed by atoms with Crippen LogP contribution in [0.2, 0.25) is 0 Å². The van der Waals surface area contributed by atoms with E-state index in [9.17, 15) is 0 Å². The van der Waals surface area contributed by atoms with E-state index in [1.807, 2.05) is 72.8 Å². The maximum absolute atomic E-state index is 6.23. The number of nitrogens with zero attached hydrogens (tertiary/aromatic N) is 4. The highest BCUT2D eigenvalue weighted by Gasteiger charge is 2.18. The Morgan fingerprint density at radius 1 is 0.396 bits per heavy atom. The number of para-hydroxylation sites is 2. The van der Waals surface area contributed by atoms with E-state index in [0.29, 0.717) is 17.5 Å². The summed E-state index contributed by atoms with van der Waals surface area (Å²) in [5.41, 5.74) is 8.03. The number of fused-ring (bicyclic) bond motifs is 8. The van der Waals surface area contributed by atoms with Gasteiger partial charge in [-0.05, 0) is 65.4 Å². The van der Waals surface area contributed by atoms with Crippen molar-refractivity contribution in [1.29, 1.82) is 0 Å². The smallest absolute Gasteiger partial charge is 0.164 e. The fourth-order valence-corrected chi connectivity index (χ4v) is 6.99. The molecule has 48 heavy (non-hydrogen) atoms. The molecule has 0 amide bonds. The summed E-state index contributed by atoms with van der Waals surface area (Å²) < 4.78 is 8.58. The first kappa shape index (κ1) is 26.6. The second kappa shape index (κ2) is 10.5. The van der Waals surface area contributed by atoms with Gasteiger partial charge in [-0.1, -0.05) is 103 Å². The Labute approximate surface area is 275 Å². The first-order valence-corrected chi connectivity index (χ1v) is 16.0. The summed E-state index contributed by atoms with van der Waals surface area (Å²) in [5, 5.41) is 7.09. The molecule has 10 aromatic rings. The summed E-state index contributed by atoms with van der Waals surface area (Å²) in [6, 6.07) is 54.5. The minimum atomic E-state index is 0.638. The van der Waals surface area contributed by atoms with Gasteiger partial charge < -0.3 is 8.98 Å². The van der Waals surface area contributed by atoms with Crippen molar-refractivity contribution in [1.82, 2.24) is 19.5 Å². The van der Waals surface area contributed by atoms with Crippen molar-refractivity contribution in [2.45, 2.75) is 0 Å². The average Bonchev–Trinajstić information content (AvgIpc) is 3.70. The van der Waals surface area contributed by atoms with Gasteiger partial charge in [-0.25, -0.2) is 15.0 Å². The first-order chi connectivity index (χ1) is 23.8. The van der Waals surface area contributed by atoms with Gasteiger partial charge in [-0.15, -0.1) is 0 Å². The minimum Gasteiger partial charge on any atom is -0.456 e. The molecule has 0 aliphatic heterocycles. The van der Waals surface area contributed by atoms with E-state index in [0.717, 1.165) is 60.7 Å². The lowest BCUT2D eigenvalue weighted by atomic mass is 10.0. The Bertz CT molecular complexity index is 2760. The second-order valence-electron chi connectivity index (χ2n) is 12.1. The highest BCUT2D eigenvalue weighted by Crippen LogP contribution is 2.40. The van der Waals surface area contributed by atoms with Crippen molar-refractivity contribution in [3.8, 4) is 39.9 Å². The molecule has 0 unspecified atom stereocenters. The normalized spacial score (nSPS) is 11.8. The van der Waals surface area contributed by atoms with Crippen molar-refractivity contribution in [2.75, 3.05) is 0 Å². The summed E-state index contributed by atoms with van der Waals surface area (Å²) in [6.07, 6.45) is 0. The van der Waals surface area contributed by atoms with E-state index < -0.39 is 0 Å². The lowest BCUT2D eigenvalue weighted by Gasteiger charge is -2.11. The Morgan fingerprint density at radius 3 is 1.67 bits per heavy atom. The Kier molecular flexibility index (Phi) is 5.81. The van der Waals surface area contributed by atoms with Gasteiger partial charge in [0.05, 0.1) is 11.0 Å². The molecule has 0 spiro atoms. The molecule has 0 aliphatic rings. The topological polar surface area (TPSA) is 56.7 Å².